The van der Waals surface area contributed by atoms with Crippen LogP contribution in [0.1, 0.15) is 32.6 Å². The fourth-order valence-corrected chi connectivity index (χ4v) is 3.43. The van der Waals surface area contributed by atoms with Crippen LogP contribution in [0, 0.1) is 5.92 Å². The summed E-state index contributed by atoms with van der Waals surface area (Å²) in [5, 5.41) is 5.88. The average Bonchev–Trinajstić information content (AvgIpc) is 2.55. The van der Waals surface area contributed by atoms with Crippen LogP contribution in [0.3, 0.4) is 0 Å². The molecular weight excluding hydrogens is 280 g/mol. The largest absolute Gasteiger partial charge is 0.359 e. The zero-order valence-corrected chi connectivity index (χ0v) is 13.9. The first-order valence-corrected chi connectivity index (χ1v) is 8.58. The van der Waals surface area contributed by atoms with Gasteiger partial charge < -0.3 is 15.5 Å². The van der Waals surface area contributed by atoms with E-state index in [2.05, 4.69) is 27.4 Å². The van der Waals surface area contributed by atoms with Gasteiger partial charge in [-0.25, -0.2) is 0 Å². The van der Waals surface area contributed by atoms with Crippen molar-refractivity contribution in [2.45, 2.75) is 38.6 Å². The highest BCUT2D eigenvalue weighted by Gasteiger charge is 2.26. The monoisotopic (exact) mass is 310 g/mol. The van der Waals surface area contributed by atoms with Gasteiger partial charge in [-0.2, -0.15) is 0 Å². The van der Waals surface area contributed by atoms with Gasteiger partial charge >= 0.3 is 0 Å². The molecule has 0 aromatic carbocycles. The molecule has 2 amide bonds. The minimum atomic E-state index is 0.114. The van der Waals surface area contributed by atoms with Crippen LogP contribution in [-0.2, 0) is 9.59 Å². The van der Waals surface area contributed by atoms with Crippen molar-refractivity contribution >= 4 is 11.8 Å². The van der Waals surface area contributed by atoms with Crippen molar-refractivity contribution in [3.05, 3.63) is 0 Å². The van der Waals surface area contributed by atoms with Crippen LogP contribution >= 0.6 is 0 Å². The Morgan fingerprint density at radius 3 is 2.14 bits per heavy atom. The SMILES string of the molecule is CCN1CCC(NC(=O)CN2CCC(C(=O)NC)CC2)CC1. The van der Waals surface area contributed by atoms with Crippen molar-refractivity contribution in [1.82, 2.24) is 20.4 Å². The van der Waals surface area contributed by atoms with Crippen molar-refractivity contribution in [2.24, 2.45) is 5.92 Å². The Morgan fingerprint density at radius 2 is 1.59 bits per heavy atom. The normalized spacial score (nSPS) is 22.5. The summed E-state index contributed by atoms with van der Waals surface area (Å²) in [6, 6.07) is 0.332. The molecule has 0 aliphatic carbocycles. The number of carbonyl (C=O) groups is 2. The molecular formula is C16H30N4O2. The Bertz CT molecular complexity index is 372. The Morgan fingerprint density at radius 1 is 1.00 bits per heavy atom. The van der Waals surface area contributed by atoms with Gasteiger partial charge in [0.05, 0.1) is 6.54 Å². The van der Waals surface area contributed by atoms with E-state index in [4.69, 9.17) is 0 Å². The Balaban J connectivity index is 1.65. The van der Waals surface area contributed by atoms with Gasteiger partial charge in [0.15, 0.2) is 0 Å². The topological polar surface area (TPSA) is 64.7 Å². The molecule has 2 aliphatic heterocycles. The number of nitrogens with zero attached hydrogens (tertiary/aromatic N) is 2. The molecule has 0 unspecified atom stereocenters. The van der Waals surface area contributed by atoms with Gasteiger partial charge in [0.1, 0.15) is 0 Å². The molecule has 0 bridgehead atoms. The molecule has 6 heteroatoms. The lowest BCUT2D eigenvalue weighted by molar-refractivity contribution is -0.126. The van der Waals surface area contributed by atoms with Crippen molar-refractivity contribution in [1.29, 1.82) is 0 Å². The van der Waals surface area contributed by atoms with Crippen LogP contribution in [0.25, 0.3) is 0 Å². The first-order chi connectivity index (χ1) is 10.6. The lowest BCUT2D eigenvalue weighted by atomic mass is 9.96. The molecule has 2 heterocycles. The van der Waals surface area contributed by atoms with Crippen molar-refractivity contribution in [2.75, 3.05) is 46.3 Å². The van der Waals surface area contributed by atoms with Crippen LogP contribution in [0.4, 0.5) is 0 Å². The van der Waals surface area contributed by atoms with Crippen LogP contribution < -0.4 is 10.6 Å². The second kappa shape index (κ2) is 8.48. The maximum atomic E-state index is 12.2. The molecule has 2 fully saturated rings. The van der Waals surface area contributed by atoms with Gasteiger partial charge in [0.25, 0.3) is 0 Å². The summed E-state index contributed by atoms with van der Waals surface area (Å²) in [5.74, 6) is 0.378. The number of rotatable bonds is 5. The number of nitrogens with one attached hydrogen (secondary N) is 2. The molecule has 126 valence electrons. The second-order valence-corrected chi connectivity index (χ2v) is 6.44. The number of carbonyl (C=O) groups excluding carboxylic acids is 2. The third kappa shape index (κ3) is 4.95. The van der Waals surface area contributed by atoms with Crippen molar-refractivity contribution in [3.63, 3.8) is 0 Å². The summed E-state index contributed by atoms with van der Waals surface area (Å²) in [4.78, 5) is 28.3. The molecule has 2 saturated heterocycles. The Kier molecular flexibility index (Phi) is 6.64. The quantitative estimate of drug-likeness (QED) is 0.753. The number of amides is 2. The van der Waals surface area contributed by atoms with Gasteiger partial charge in [-0.05, 0) is 45.3 Å². The third-order valence-electron chi connectivity index (χ3n) is 4.97. The predicted octanol–water partition coefficient (Wildman–Crippen LogP) is 0.0449. The summed E-state index contributed by atoms with van der Waals surface area (Å²) in [7, 11) is 1.69. The maximum absolute atomic E-state index is 12.2. The summed E-state index contributed by atoms with van der Waals surface area (Å²) in [6.45, 7) is 7.58. The number of hydrogen-bond donors (Lipinski definition) is 2. The summed E-state index contributed by atoms with van der Waals surface area (Å²) < 4.78 is 0. The van der Waals surface area contributed by atoms with E-state index in [0.29, 0.717) is 12.6 Å². The second-order valence-electron chi connectivity index (χ2n) is 6.44. The molecule has 0 radical (unpaired) electrons. The van der Waals surface area contributed by atoms with Crippen molar-refractivity contribution in [3.8, 4) is 0 Å². The van der Waals surface area contributed by atoms with E-state index >= 15 is 0 Å². The fourth-order valence-electron chi connectivity index (χ4n) is 3.43. The minimum Gasteiger partial charge on any atom is -0.359 e. The van der Waals surface area contributed by atoms with E-state index in [1.165, 1.54) is 0 Å². The van der Waals surface area contributed by atoms with Gasteiger partial charge in [-0.3, -0.25) is 14.5 Å². The Hall–Kier alpha value is -1.14. The number of likely N-dealkylation sites (tertiary alicyclic amines) is 2. The smallest absolute Gasteiger partial charge is 0.234 e. The summed E-state index contributed by atoms with van der Waals surface area (Å²) in [5.41, 5.74) is 0. The predicted molar refractivity (Wildman–Crippen MR) is 86.5 cm³/mol. The molecule has 0 saturated carbocycles. The molecule has 6 nitrogen and oxygen atoms in total. The molecule has 0 aromatic heterocycles. The van der Waals surface area contributed by atoms with Crippen LogP contribution in [0.15, 0.2) is 0 Å². The van der Waals surface area contributed by atoms with E-state index in [-0.39, 0.29) is 17.7 Å². The van der Waals surface area contributed by atoms with E-state index < -0.39 is 0 Å². The molecule has 2 N–H and O–H groups in total. The maximum Gasteiger partial charge on any atom is 0.234 e. The van der Waals surface area contributed by atoms with E-state index in [9.17, 15) is 9.59 Å². The highest BCUT2D eigenvalue weighted by atomic mass is 16.2. The lowest BCUT2D eigenvalue weighted by Gasteiger charge is -2.33. The fraction of sp³-hybridized carbons (Fsp3) is 0.875. The first-order valence-electron chi connectivity index (χ1n) is 8.58. The summed E-state index contributed by atoms with van der Waals surface area (Å²) >= 11 is 0. The van der Waals surface area contributed by atoms with Gasteiger partial charge in [-0.15, -0.1) is 0 Å². The Labute approximate surface area is 133 Å². The molecule has 0 spiro atoms. The molecule has 0 aromatic rings. The molecule has 0 atom stereocenters. The third-order valence-corrected chi connectivity index (χ3v) is 4.97. The van der Waals surface area contributed by atoms with Gasteiger partial charge in [0, 0.05) is 32.1 Å². The van der Waals surface area contributed by atoms with Crippen LogP contribution in [-0.4, -0.2) is 74.0 Å². The van der Waals surface area contributed by atoms with Crippen molar-refractivity contribution < 1.29 is 9.59 Å². The molecule has 22 heavy (non-hydrogen) atoms. The minimum absolute atomic E-state index is 0.114. The number of hydrogen-bond acceptors (Lipinski definition) is 4. The first kappa shape index (κ1) is 17.2. The standard InChI is InChI=1S/C16H30N4O2/c1-3-19-10-6-14(7-11-19)18-15(21)12-20-8-4-13(5-9-20)16(22)17-2/h13-14H,3-12H2,1-2H3,(H,17,22)(H,18,21). The molecule has 2 aliphatic rings. The lowest BCUT2D eigenvalue weighted by Crippen LogP contribution is -2.49. The highest BCUT2D eigenvalue weighted by Crippen LogP contribution is 2.17. The summed E-state index contributed by atoms with van der Waals surface area (Å²) in [6.07, 6.45) is 3.81. The van der Waals surface area contributed by atoms with E-state index in [1.54, 1.807) is 7.05 Å². The van der Waals surface area contributed by atoms with Crippen LogP contribution in [0.2, 0.25) is 0 Å². The molecule has 2 rings (SSSR count). The zero-order chi connectivity index (χ0) is 15.9. The van der Waals surface area contributed by atoms with E-state index in [1.807, 2.05) is 0 Å². The van der Waals surface area contributed by atoms with Gasteiger partial charge in [0.2, 0.25) is 11.8 Å². The highest BCUT2D eigenvalue weighted by molar-refractivity contribution is 5.79. The number of piperidine rings is 2. The van der Waals surface area contributed by atoms with Crippen LogP contribution in [0.5, 0.6) is 0 Å². The average molecular weight is 310 g/mol. The zero-order valence-electron chi connectivity index (χ0n) is 13.9. The van der Waals surface area contributed by atoms with Gasteiger partial charge in [-0.1, -0.05) is 6.92 Å². The van der Waals surface area contributed by atoms with E-state index in [0.717, 1.165) is 58.4 Å².